The van der Waals surface area contributed by atoms with Gasteiger partial charge in [-0.2, -0.15) is 0 Å². The number of carbonyl (C=O) groups excluding carboxylic acids is 1. The number of pyridine rings is 2. The molecule has 68 heavy (non-hydrogen) atoms. The first kappa shape index (κ1) is 46.1. The molecular formula is C50H59FN8O8S. The zero-order valence-corrected chi connectivity index (χ0v) is 39.5. The van der Waals surface area contributed by atoms with Gasteiger partial charge >= 0.3 is 5.69 Å². The van der Waals surface area contributed by atoms with Crippen molar-refractivity contribution >= 4 is 44.2 Å². The molecule has 18 heteroatoms. The summed E-state index contributed by atoms with van der Waals surface area (Å²) in [6, 6.07) is 16.7. The molecule has 16 nitrogen and oxygen atoms in total. The van der Waals surface area contributed by atoms with E-state index in [2.05, 4.69) is 72.9 Å². The number of hydrogen-bond acceptors (Lipinski definition) is 13. The summed E-state index contributed by atoms with van der Waals surface area (Å²) in [5, 5.41) is 25.6. The van der Waals surface area contributed by atoms with Gasteiger partial charge < -0.3 is 29.8 Å². The number of H-pyrrole nitrogens is 1. The number of amides is 1. The first-order valence-corrected chi connectivity index (χ1v) is 25.3. The molecule has 2 aromatic carbocycles. The van der Waals surface area contributed by atoms with Crippen LogP contribution in [0.15, 0.2) is 78.1 Å². The van der Waals surface area contributed by atoms with Crippen LogP contribution in [0.4, 0.5) is 21.6 Å². The number of nitro groups is 1. The second-order valence-electron chi connectivity index (χ2n) is 20.6. The summed E-state index contributed by atoms with van der Waals surface area (Å²) in [4.78, 5) is 41.0. The summed E-state index contributed by atoms with van der Waals surface area (Å²) in [7, 11) is -4.69. The van der Waals surface area contributed by atoms with Crippen LogP contribution in [0.3, 0.4) is 0 Å². The van der Waals surface area contributed by atoms with E-state index in [1.54, 1.807) is 19.1 Å². The Labute approximate surface area is 395 Å². The number of nitrogens with zero attached hydrogens (tertiary/aromatic N) is 5. The number of carbonyl (C=O) groups is 1. The molecule has 3 aliphatic carbocycles. The zero-order chi connectivity index (χ0) is 47.6. The smallest absolute Gasteiger partial charge is 0.312 e. The molecule has 4 N–H and O–H groups in total. The highest BCUT2D eigenvalue weighted by Crippen LogP contribution is 2.56. The number of rotatable bonds is 13. The number of benzene rings is 2. The van der Waals surface area contributed by atoms with Crippen molar-refractivity contribution in [1.29, 1.82) is 0 Å². The number of aromatic nitrogens is 3. The van der Waals surface area contributed by atoms with Crippen LogP contribution < -0.4 is 19.7 Å². The Morgan fingerprint density at radius 1 is 1.04 bits per heavy atom. The van der Waals surface area contributed by atoms with Gasteiger partial charge in [0.05, 0.1) is 52.1 Å². The summed E-state index contributed by atoms with van der Waals surface area (Å²) in [5.41, 5.74) is 2.60. The van der Waals surface area contributed by atoms with Gasteiger partial charge in [-0.1, -0.05) is 38.1 Å². The highest BCUT2D eigenvalue weighted by molar-refractivity contribution is 7.90. The number of aliphatic hydroxyl groups is 1. The second-order valence-corrected chi connectivity index (χ2v) is 22.2. The average molecular weight is 951 g/mol. The average Bonchev–Trinajstić information content (AvgIpc) is 3.96. The third-order valence-electron chi connectivity index (χ3n) is 15.4. The van der Waals surface area contributed by atoms with Crippen LogP contribution in [0.5, 0.6) is 11.5 Å². The Balaban J connectivity index is 0.850. The minimum atomic E-state index is -4.69. The highest BCUT2D eigenvalue weighted by atomic mass is 32.2. The quantitative estimate of drug-likeness (QED) is 0.0645. The standard InChI is InChI=1S/C50H59FN8O8S/c1-31(2)37-6-4-5-7-38(37)43-29-66-50(14-15-50)30-58(43)34-23-49(24-34)16-18-57(19-17-49)33-8-9-39(44(20-33)67-35-21-40-41(51)28-55-45(40)53-26-35)47(60)56-68(64,65)36-22-42(59(62)63)46(54-27-36)52-25-32-10-12-48(3,61)13-11-32/h4-9,20-22,26-28,31-32,34,43,61H,10-19,23-25,29-30H2,1-3H3,(H,52,54)(H,53,55)(H,56,60)/t32?,43-,48?/m0/s1. The Hall–Kier alpha value is -5.69. The number of fused-ring (bicyclic) bond motifs is 1. The molecule has 5 aromatic rings. The number of anilines is 2. The van der Waals surface area contributed by atoms with Crippen molar-refractivity contribution in [3.63, 3.8) is 0 Å². The molecule has 0 radical (unpaired) electrons. The first-order chi connectivity index (χ1) is 32.5. The third-order valence-corrected chi connectivity index (χ3v) is 16.7. The van der Waals surface area contributed by atoms with E-state index in [1.165, 1.54) is 35.7 Å². The normalized spacial score (nSPS) is 24.5. The van der Waals surface area contributed by atoms with E-state index in [9.17, 15) is 32.8 Å². The van der Waals surface area contributed by atoms with Crippen LogP contribution in [0, 0.1) is 27.3 Å². The third kappa shape index (κ3) is 9.27. The van der Waals surface area contributed by atoms with Crippen LogP contribution in [-0.2, 0) is 14.8 Å². The lowest BCUT2D eigenvalue weighted by atomic mass is 9.59. The topological polar surface area (TPSA) is 205 Å². The SMILES string of the molecule is CC(C)c1ccccc1[C@@H]1COC2(CC2)CN1C1CC2(CCN(c3ccc(C(=O)NS(=O)(=O)c4cnc(NCC5CCC(C)(O)CC5)c([N+](=O)[O-])c4)c(Oc4cnc5[nH]cc(F)c5c4)c3)CC2)C1. The van der Waals surface area contributed by atoms with E-state index in [-0.39, 0.29) is 51.2 Å². The predicted molar refractivity (Wildman–Crippen MR) is 254 cm³/mol. The minimum absolute atomic E-state index is 0.00155. The number of ether oxygens (including phenoxy) is 2. The van der Waals surface area contributed by atoms with E-state index < -0.39 is 42.9 Å². The van der Waals surface area contributed by atoms with Gasteiger partial charge in [-0.05, 0) is 118 Å². The number of aromatic amines is 1. The summed E-state index contributed by atoms with van der Waals surface area (Å²) in [5.74, 6) is -0.996. The molecular weight excluding hydrogens is 892 g/mol. The largest absolute Gasteiger partial charge is 0.455 e. The lowest BCUT2D eigenvalue weighted by molar-refractivity contribution is -0.384. The van der Waals surface area contributed by atoms with Crippen LogP contribution in [0.25, 0.3) is 11.0 Å². The van der Waals surface area contributed by atoms with E-state index in [1.807, 2.05) is 0 Å². The predicted octanol–water partition coefficient (Wildman–Crippen LogP) is 8.75. The zero-order valence-electron chi connectivity index (χ0n) is 38.7. The van der Waals surface area contributed by atoms with Crippen molar-refractivity contribution in [3.05, 3.63) is 106 Å². The van der Waals surface area contributed by atoms with Gasteiger partial charge in [-0.25, -0.2) is 27.5 Å². The number of hydrogen-bond donors (Lipinski definition) is 4. The van der Waals surface area contributed by atoms with Gasteiger partial charge in [-0.15, -0.1) is 0 Å². The Bertz CT molecular complexity index is 2840. The molecule has 1 amide bonds. The van der Waals surface area contributed by atoms with Crippen molar-refractivity contribution in [2.45, 2.75) is 119 Å². The molecule has 2 spiro atoms. The van der Waals surface area contributed by atoms with Crippen molar-refractivity contribution in [3.8, 4) is 11.5 Å². The van der Waals surface area contributed by atoms with Crippen molar-refractivity contribution < 1.29 is 37.1 Å². The molecule has 5 heterocycles. The summed E-state index contributed by atoms with van der Waals surface area (Å²) >= 11 is 0. The van der Waals surface area contributed by atoms with Gasteiger partial charge in [0.15, 0.2) is 0 Å². The van der Waals surface area contributed by atoms with E-state index in [4.69, 9.17) is 9.47 Å². The fourth-order valence-electron chi connectivity index (χ4n) is 11.0. The summed E-state index contributed by atoms with van der Waals surface area (Å²) in [6.07, 6.45) is 12.6. The first-order valence-electron chi connectivity index (χ1n) is 23.8. The van der Waals surface area contributed by atoms with Crippen LogP contribution in [-0.4, -0.2) is 94.2 Å². The fraction of sp³-hybridized carbons (Fsp3) is 0.500. The summed E-state index contributed by atoms with van der Waals surface area (Å²) < 4.78 is 57.0. The number of halogens is 1. The lowest BCUT2D eigenvalue weighted by Crippen LogP contribution is -2.59. The number of sulfonamides is 1. The molecule has 0 unspecified atom stereocenters. The second kappa shape index (κ2) is 17.7. The van der Waals surface area contributed by atoms with Crippen LogP contribution in [0.1, 0.15) is 118 Å². The Morgan fingerprint density at radius 2 is 1.79 bits per heavy atom. The molecule has 2 saturated heterocycles. The minimum Gasteiger partial charge on any atom is -0.455 e. The number of morpholine rings is 1. The molecule has 0 bridgehead atoms. The van der Waals surface area contributed by atoms with Crippen LogP contribution in [0.2, 0.25) is 0 Å². The maximum atomic E-state index is 14.7. The molecule has 5 fully saturated rings. The maximum absolute atomic E-state index is 14.7. The van der Waals surface area contributed by atoms with E-state index >= 15 is 0 Å². The Morgan fingerprint density at radius 3 is 2.51 bits per heavy atom. The van der Waals surface area contributed by atoms with E-state index in [0.717, 1.165) is 89.0 Å². The summed E-state index contributed by atoms with van der Waals surface area (Å²) in [6.45, 7) is 9.87. The molecule has 3 aromatic heterocycles. The van der Waals surface area contributed by atoms with Crippen LogP contribution >= 0.6 is 0 Å². The van der Waals surface area contributed by atoms with Crippen molar-refractivity contribution in [2.24, 2.45) is 11.3 Å². The van der Waals surface area contributed by atoms with E-state index in [0.29, 0.717) is 43.6 Å². The van der Waals surface area contributed by atoms with Gasteiger partial charge in [0.2, 0.25) is 5.82 Å². The van der Waals surface area contributed by atoms with Gasteiger partial charge in [0, 0.05) is 56.2 Å². The van der Waals surface area contributed by atoms with Crippen molar-refractivity contribution in [1.82, 2.24) is 24.6 Å². The highest BCUT2D eigenvalue weighted by Gasteiger charge is 2.56. The molecule has 10 rings (SSSR count). The lowest BCUT2D eigenvalue weighted by Gasteiger charge is -2.58. The fourth-order valence-corrected chi connectivity index (χ4v) is 12.0. The van der Waals surface area contributed by atoms with Gasteiger partial charge in [0.1, 0.15) is 27.9 Å². The molecule has 1 atom stereocenters. The Kier molecular flexibility index (Phi) is 12.0. The molecule has 3 saturated carbocycles. The molecule has 360 valence electrons. The maximum Gasteiger partial charge on any atom is 0.312 e. The number of nitrogens with one attached hydrogen (secondary N) is 3. The monoisotopic (exact) mass is 950 g/mol. The van der Waals surface area contributed by atoms with Gasteiger partial charge in [0.25, 0.3) is 15.9 Å². The number of piperidine rings is 1. The molecule has 5 aliphatic rings. The molecule has 2 aliphatic heterocycles. The van der Waals surface area contributed by atoms with Crippen molar-refractivity contribution in [2.75, 3.05) is 43.0 Å². The van der Waals surface area contributed by atoms with Gasteiger partial charge in [-0.3, -0.25) is 19.8 Å².